The fourth-order valence-electron chi connectivity index (χ4n) is 0.841. The van der Waals surface area contributed by atoms with E-state index in [0.29, 0.717) is 0 Å². The Morgan fingerprint density at radius 3 is 2.82 bits per heavy atom. The van der Waals surface area contributed by atoms with Gasteiger partial charge in [0.05, 0.1) is 6.26 Å². The molecule has 0 fully saturated rings. The summed E-state index contributed by atoms with van der Waals surface area (Å²) < 4.78 is 5.17. The third kappa shape index (κ3) is 5.54. The maximum Gasteiger partial charge on any atom is 0.158 e. The molecule has 1 heteroatoms. The molecule has 0 aromatic carbocycles. The second-order valence-electron chi connectivity index (χ2n) is 2.33. The van der Waals surface area contributed by atoms with E-state index in [9.17, 15) is 0 Å². The molecule has 0 N–H and O–H groups in total. The van der Waals surface area contributed by atoms with Crippen LogP contribution in [0.25, 0.3) is 0 Å². The average Bonchev–Trinajstić information content (AvgIpc) is 2.01. The summed E-state index contributed by atoms with van der Waals surface area (Å²) in [6.45, 7) is 7.48. The molecule has 11 heavy (non-hydrogen) atoms. The van der Waals surface area contributed by atoms with Crippen LogP contribution in [0.4, 0.5) is 0 Å². The summed E-state index contributed by atoms with van der Waals surface area (Å²) in [4.78, 5) is 0. The topological polar surface area (TPSA) is 9.23 Å². The van der Waals surface area contributed by atoms with Gasteiger partial charge >= 0.3 is 0 Å². The first-order valence-electron chi connectivity index (χ1n) is 4.03. The third-order valence-electron chi connectivity index (χ3n) is 1.39. The largest absolute Gasteiger partial charge is 0.486 e. The van der Waals surface area contributed by atoms with E-state index < -0.39 is 0 Å². The zero-order chi connectivity index (χ0) is 8.53. The van der Waals surface area contributed by atoms with E-state index in [4.69, 9.17) is 4.74 Å². The predicted octanol–water partition coefficient (Wildman–Crippen LogP) is 2.73. The predicted molar refractivity (Wildman–Crippen MR) is 48.0 cm³/mol. The maximum absolute atomic E-state index is 5.17. The first kappa shape index (κ1) is 10.1. The SMILES string of the molecule is C=CO[C@H](C#CC)CCCC. The van der Waals surface area contributed by atoms with Crippen LogP contribution in [0.15, 0.2) is 12.8 Å². The lowest BCUT2D eigenvalue weighted by atomic mass is 10.2. The molecule has 0 unspecified atom stereocenters. The summed E-state index contributed by atoms with van der Waals surface area (Å²) >= 11 is 0. The van der Waals surface area contributed by atoms with E-state index in [1.54, 1.807) is 0 Å². The van der Waals surface area contributed by atoms with Crippen LogP contribution in [0.1, 0.15) is 33.1 Å². The smallest absolute Gasteiger partial charge is 0.158 e. The van der Waals surface area contributed by atoms with Crippen molar-refractivity contribution in [2.75, 3.05) is 0 Å². The zero-order valence-electron chi connectivity index (χ0n) is 7.39. The molecule has 0 aliphatic carbocycles. The molecule has 0 aromatic heterocycles. The van der Waals surface area contributed by atoms with Crippen LogP contribution in [0.3, 0.4) is 0 Å². The Kier molecular flexibility index (Phi) is 6.62. The van der Waals surface area contributed by atoms with Crippen molar-refractivity contribution in [3.8, 4) is 11.8 Å². The second kappa shape index (κ2) is 7.21. The molecule has 0 rings (SSSR count). The lowest BCUT2D eigenvalue weighted by Crippen LogP contribution is -2.05. The molecule has 62 valence electrons. The minimum absolute atomic E-state index is 0.0532. The molecule has 0 aliphatic rings. The van der Waals surface area contributed by atoms with Gasteiger partial charge < -0.3 is 4.74 Å². The number of unbranched alkanes of at least 4 members (excludes halogenated alkanes) is 1. The Morgan fingerprint density at radius 2 is 2.36 bits per heavy atom. The van der Waals surface area contributed by atoms with Crippen molar-refractivity contribution < 1.29 is 4.74 Å². The Hall–Kier alpha value is -0.900. The summed E-state index contributed by atoms with van der Waals surface area (Å²) in [5.74, 6) is 5.81. The van der Waals surface area contributed by atoms with Gasteiger partial charge in [-0.05, 0) is 19.8 Å². The first-order chi connectivity index (χ1) is 5.35. The maximum atomic E-state index is 5.17. The lowest BCUT2D eigenvalue weighted by molar-refractivity contribution is 0.184. The zero-order valence-corrected chi connectivity index (χ0v) is 7.39. The number of hydrogen-bond donors (Lipinski definition) is 0. The van der Waals surface area contributed by atoms with Gasteiger partial charge in [-0.3, -0.25) is 0 Å². The van der Waals surface area contributed by atoms with Crippen LogP contribution in [-0.2, 0) is 4.74 Å². The van der Waals surface area contributed by atoms with Crippen LogP contribution < -0.4 is 0 Å². The number of hydrogen-bond acceptors (Lipinski definition) is 1. The quantitative estimate of drug-likeness (QED) is 0.435. The van der Waals surface area contributed by atoms with Gasteiger partial charge in [0.2, 0.25) is 0 Å². The van der Waals surface area contributed by atoms with Gasteiger partial charge in [-0.15, -0.1) is 5.92 Å². The van der Waals surface area contributed by atoms with Crippen LogP contribution in [0.5, 0.6) is 0 Å². The van der Waals surface area contributed by atoms with E-state index in [1.165, 1.54) is 12.7 Å². The van der Waals surface area contributed by atoms with Gasteiger partial charge in [0.1, 0.15) is 0 Å². The lowest BCUT2D eigenvalue weighted by Gasteiger charge is -2.08. The van der Waals surface area contributed by atoms with E-state index in [1.807, 2.05) is 6.92 Å². The van der Waals surface area contributed by atoms with Crippen molar-refractivity contribution in [1.29, 1.82) is 0 Å². The summed E-state index contributed by atoms with van der Waals surface area (Å²) in [6, 6.07) is 0. The monoisotopic (exact) mass is 152 g/mol. The minimum atomic E-state index is 0.0532. The van der Waals surface area contributed by atoms with Crippen LogP contribution in [0.2, 0.25) is 0 Å². The Labute approximate surface area is 69.4 Å². The summed E-state index contributed by atoms with van der Waals surface area (Å²) in [6.07, 6.45) is 4.86. The van der Waals surface area contributed by atoms with Crippen molar-refractivity contribution >= 4 is 0 Å². The molecular formula is C10H16O. The molecule has 0 aliphatic heterocycles. The van der Waals surface area contributed by atoms with Gasteiger partial charge in [0, 0.05) is 0 Å². The highest BCUT2D eigenvalue weighted by molar-refractivity contribution is 5.02. The highest BCUT2D eigenvalue weighted by atomic mass is 16.5. The molecule has 1 atom stereocenters. The third-order valence-corrected chi connectivity index (χ3v) is 1.39. The summed E-state index contributed by atoms with van der Waals surface area (Å²) in [5.41, 5.74) is 0. The van der Waals surface area contributed by atoms with E-state index in [2.05, 4.69) is 25.3 Å². The molecule has 0 radical (unpaired) electrons. The fraction of sp³-hybridized carbons (Fsp3) is 0.600. The van der Waals surface area contributed by atoms with E-state index in [0.717, 1.165) is 12.8 Å². The number of ether oxygens (including phenoxy) is 1. The molecule has 0 spiro atoms. The van der Waals surface area contributed by atoms with Crippen LogP contribution in [-0.4, -0.2) is 6.10 Å². The normalized spacial score (nSPS) is 11.1. The van der Waals surface area contributed by atoms with Gasteiger partial charge in [0.15, 0.2) is 6.10 Å². The number of rotatable bonds is 5. The Balaban J connectivity index is 3.65. The highest BCUT2D eigenvalue weighted by Crippen LogP contribution is 2.03. The van der Waals surface area contributed by atoms with E-state index >= 15 is 0 Å². The summed E-state index contributed by atoms with van der Waals surface area (Å²) in [7, 11) is 0. The van der Waals surface area contributed by atoms with Crippen molar-refractivity contribution in [2.45, 2.75) is 39.2 Å². The molecule has 0 amide bonds. The molecule has 1 nitrogen and oxygen atoms in total. The molecule has 0 heterocycles. The first-order valence-corrected chi connectivity index (χ1v) is 4.03. The van der Waals surface area contributed by atoms with Crippen molar-refractivity contribution in [3.05, 3.63) is 12.8 Å². The molecular weight excluding hydrogens is 136 g/mol. The van der Waals surface area contributed by atoms with Crippen LogP contribution >= 0.6 is 0 Å². The van der Waals surface area contributed by atoms with Gasteiger partial charge in [-0.25, -0.2) is 0 Å². The fourth-order valence-corrected chi connectivity index (χ4v) is 0.841. The van der Waals surface area contributed by atoms with Gasteiger partial charge in [-0.2, -0.15) is 0 Å². The standard InChI is InChI=1S/C10H16O/c1-4-7-9-10(8-5-2)11-6-3/h6,10H,3-4,7,9H2,1-2H3/t10-/m1/s1. The minimum Gasteiger partial charge on any atom is -0.486 e. The molecule has 0 bridgehead atoms. The Morgan fingerprint density at radius 1 is 1.64 bits per heavy atom. The van der Waals surface area contributed by atoms with Gasteiger partial charge in [0.25, 0.3) is 0 Å². The second-order valence-corrected chi connectivity index (χ2v) is 2.33. The van der Waals surface area contributed by atoms with Crippen molar-refractivity contribution in [1.82, 2.24) is 0 Å². The molecule has 0 saturated carbocycles. The Bertz CT molecular complexity index is 150. The highest BCUT2D eigenvalue weighted by Gasteiger charge is 2.00. The molecule has 0 aromatic rings. The summed E-state index contributed by atoms with van der Waals surface area (Å²) in [5, 5.41) is 0. The van der Waals surface area contributed by atoms with Crippen LogP contribution in [0, 0.1) is 11.8 Å². The van der Waals surface area contributed by atoms with Gasteiger partial charge in [-0.1, -0.05) is 25.8 Å². The van der Waals surface area contributed by atoms with E-state index in [-0.39, 0.29) is 6.10 Å². The molecule has 0 saturated heterocycles. The average molecular weight is 152 g/mol. The van der Waals surface area contributed by atoms with Crippen molar-refractivity contribution in [3.63, 3.8) is 0 Å². The van der Waals surface area contributed by atoms with Crippen molar-refractivity contribution in [2.24, 2.45) is 0 Å².